The fraction of sp³-hybridized carbons (Fsp3) is 0.429. The van der Waals surface area contributed by atoms with Crippen LogP contribution in [0.15, 0.2) is 18.3 Å². The highest BCUT2D eigenvalue weighted by atomic mass is 19.1. The molecule has 1 heterocycles. The SMILES string of the molecule is COc1cc(C)c(F)cc1C(=O)c1cnc(NC2CCC(CC(N)=O)CC2)nc1N. The third-order valence-corrected chi connectivity index (χ3v) is 5.46. The lowest BCUT2D eigenvalue weighted by Crippen LogP contribution is -2.29. The van der Waals surface area contributed by atoms with Crippen molar-refractivity contribution in [1.29, 1.82) is 0 Å². The van der Waals surface area contributed by atoms with Crippen LogP contribution in [-0.2, 0) is 4.79 Å². The van der Waals surface area contributed by atoms with Crippen molar-refractivity contribution in [2.75, 3.05) is 18.2 Å². The number of ether oxygens (including phenoxy) is 1. The number of hydrogen-bond donors (Lipinski definition) is 3. The van der Waals surface area contributed by atoms with Crippen LogP contribution >= 0.6 is 0 Å². The Bertz CT molecular complexity index is 958. The molecule has 9 heteroatoms. The molecular weight excluding hydrogens is 389 g/mol. The average Bonchev–Trinajstić information content (AvgIpc) is 2.70. The molecule has 0 atom stereocenters. The van der Waals surface area contributed by atoms with Gasteiger partial charge in [0.25, 0.3) is 0 Å². The van der Waals surface area contributed by atoms with Gasteiger partial charge >= 0.3 is 0 Å². The maximum absolute atomic E-state index is 14.0. The second-order valence-corrected chi connectivity index (χ2v) is 7.66. The first-order valence-electron chi connectivity index (χ1n) is 9.84. The van der Waals surface area contributed by atoms with Crippen molar-refractivity contribution in [3.8, 4) is 5.75 Å². The predicted octanol–water partition coefficient (Wildman–Crippen LogP) is 2.59. The highest BCUT2D eigenvalue weighted by Crippen LogP contribution is 2.29. The van der Waals surface area contributed by atoms with Gasteiger partial charge in [-0.05, 0) is 56.2 Å². The molecule has 0 saturated heterocycles. The van der Waals surface area contributed by atoms with Crippen molar-refractivity contribution in [2.45, 2.75) is 45.1 Å². The molecule has 1 aromatic heterocycles. The maximum atomic E-state index is 14.0. The van der Waals surface area contributed by atoms with E-state index in [1.807, 2.05) is 0 Å². The molecule has 0 bridgehead atoms. The van der Waals surface area contributed by atoms with Crippen LogP contribution < -0.4 is 21.5 Å². The van der Waals surface area contributed by atoms with Crippen LogP contribution in [0.5, 0.6) is 5.75 Å². The van der Waals surface area contributed by atoms with Crippen molar-refractivity contribution in [3.63, 3.8) is 0 Å². The Morgan fingerprint density at radius 1 is 1.23 bits per heavy atom. The summed E-state index contributed by atoms with van der Waals surface area (Å²) in [6.45, 7) is 1.59. The van der Waals surface area contributed by atoms with E-state index in [4.69, 9.17) is 16.2 Å². The lowest BCUT2D eigenvalue weighted by atomic mass is 9.84. The summed E-state index contributed by atoms with van der Waals surface area (Å²) in [4.78, 5) is 32.3. The Morgan fingerprint density at radius 2 is 1.93 bits per heavy atom. The fourth-order valence-electron chi connectivity index (χ4n) is 3.76. The number of ketones is 1. The summed E-state index contributed by atoms with van der Waals surface area (Å²) in [5.74, 6) is -0.393. The van der Waals surface area contributed by atoms with Crippen molar-refractivity contribution in [3.05, 3.63) is 40.8 Å². The van der Waals surface area contributed by atoms with Crippen LogP contribution in [0.3, 0.4) is 0 Å². The third kappa shape index (κ3) is 4.84. The number of nitrogen functional groups attached to an aromatic ring is 1. The number of nitrogens with one attached hydrogen (secondary N) is 1. The van der Waals surface area contributed by atoms with Gasteiger partial charge in [0.1, 0.15) is 17.4 Å². The number of aryl methyl sites for hydroxylation is 1. The Morgan fingerprint density at radius 3 is 2.53 bits per heavy atom. The second kappa shape index (κ2) is 9.06. The molecular formula is C21H26FN5O3. The summed E-state index contributed by atoms with van der Waals surface area (Å²) in [6.07, 6.45) is 5.26. The molecule has 1 aliphatic carbocycles. The van der Waals surface area contributed by atoms with Gasteiger partial charge in [0.05, 0.1) is 18.2 Å². The Labute approximate surface area is 174 Å². The number of rotatable bonds is 7. The topological polar surface area (TPSA) is 133 Å². The molecule has 0 spiro atoms. The van der Waals surface area contributed by atoms with E-state index < -0.39 is 11.6 Å². The number of nitrogens with zero attached hydrogens (tertiary/aromatic N) is 2. The van der Waals surface area contributed by atoms with E-state index in [0.717, 1.165) is 31.7 Å². The monoisotopic (exact) mass is 415 g/mol. The first-order valence-corrected chi connectivity index (χ1v) is 9.84. The zero-order valence-electron chi connectivity index (χ0n) is 17.1. The summed E-state index contributed by atoms with van der Waals surface area (Å²) >= 11 is 0. The van der Waals surface area contributed by atoms with Gasteiger partial charge in [-0.25, -0.2) is 9.37 Å². The minimum Gasteiger partial charge on any atom is -0.496 e. The Balaban J connectivity index is 1.71. The molecule has 0 aliphatic heterocycles. The summed E-state index contributed by atoms with van der Waals surface area (Å²) in [6, 6.07) is 2.75. The number of halogens is 1. The van der Waals surface area contributed by atoms with Crippen LogP contribution in [0.1, 0.15) is 53.6 Å². The number of nitrogens with two attached hydrogens (primary N) is 2. The molecule has 8 nitrogen and oxygen atoms in total. The van der Waals surface area contributed by atoms with E-state index >= 15 is 0 Å². The van der Waals surface area contributed by atoms with Crippen molar-refractivity contribution in [1.82, 2.24) is 9.97 Å². The summed E-state index contributed by atoms with van der Waals surface area (Å²) in [5.41, 5.74) is 11.8. The number of anilines is 2. The van der Waals surface area contributed by atoms with Crippen LogP contribution in [0.2, 0.25) is 0 Å². The molecule has 5 N–H and O–H groups in total. The zero-order valence-corrected chi connectivity index (χ0v) is 17.1. The summed E-state index contributed by atoms with van der Waals surface area (Å²) in [7, 11) is 1.41. The number of hydrogen-bond acceptors (Lipinski definition) is 7. The maximum Gasteiger partial charge on any atom is 0.224 e. The van der Waals surface area contributed by atoms with Crippen LogP contribution in [0.25, 0.3) is 0 Å². The van der Waals surface area contributed by atoms with E-state index in [1.54, 1.807) is 6.92 Å². The second-order valence-electron chi connectivity index (χ2n) is 7.66. The lowest BCUT2D eigenvalue weighted by molar-refractivity contribution is -0.119. The van der Waals surface area contributed by atoms with Gasteiger partial charge in [0, 0.05) is 18.7 Å². The molecule has 0 radical (unpaired) electrons. The van der Waals surface area contributed by atoms with Crippen molar-refractivity contribution >= 4 is 23.5 Å². The Kier molecular flexibility index (Phi) is 6.49. The van der Waals surface area contributed by atoms with Gasteiger partial charge in [-0.15, -0.1) is 0 Å². The van der Waals surface area contributed by atoms with E-state index in [2.05, 4.69) is 15.3 Å². The number of aromatic nitrogens is 2. The lowest BCUT2D eigenvalue weighted by Gasteiger charge is -2.28. The summed E-state index contributed by atoms with van der Waals surface area (Å²) < 4.78 is 19.2. The molecule has 1 amide bonds. The third-order valence-electron chi connectivity index (χ3n) is 5.46. The molecule has 1 aliphatic rings. The summed E-state index contributed by atoms with van der Waals surface area (Å²) in [5, 5.41) is 3.23. The molecule has 1 saturated carbocycles. The number of primary amides is 1. The quantitative estimate of drug-likeness (QED) is 0.592. The number of carbonyl (C=O) groups is 2. The first-order chi connectivity index (χ1) is 14.3. The van der Waals surface area contributed by atoms with Gasteiger partial charge in [0.15, 0.2) is 0 Å². The smallest absolute Gasteiger partial charge is 0.224 e. The number of carbonyl (C=O) groups excluding carboxylic acids is 2. The minimum absolute atomic E-state index is 0.00273. The molecule has 1 aromatic carbocycles. The van der Waals surface area contributed by atoms with E-state index in [-0.39, 0.29) is 34.6 Å². The minimum atomic E-state index is -0.512. The van der Waals surface area contributed by atoms with Crippen LogP contribution in [-0.4, -0.2) is 34.8 Å². The van der Waals surface area contributed by atoms with Crippen molar-refractivity contribution in [2.24, 2.45) is 11.7 Å². The first kappa shape index (κ1) is 21.5. The molecule has 1 fully saturated rings. The average molecular weight is 415 g/mol. The zero-order chi connectivity index (χ0) is 21.8. The predicted molar refractivity (Wildman–Crippen MR) is 111 cm³/mol. The van der Waals surface area contributed by atoms with E-state index in [0.29, 0.717) is 23.9 Å². The molecule has 30 heavy (non-hydrogen) atoms. The van der Waals surface area contributed by atoms with E-state index in [9.17, 15) is 14.0 Å². The highest BCUT2D eigenvalue weighted by molar-refractivity contribution is 6.13. The highest BCUT2D eigenvalue weighted by Gasteiger charge is 2.24. The van der Waals surface area contributed by atoms with Crippen LogP contribution in [0, 0.1) is 18.7 Å². The molecule has 2 aromatic rings. The molecule has 0 unspecified atom stereocenters. The number of benzene rings is 1. The normalized spacial score (nSPS) is 18.6. The Hall–Kier alpha value is -3.23. The number of amides is 1. The van der Waals surface area contributed by atoms with Gasteiger partial charge < -0.3 is 21.5 Å². The van der Waals surface area contributed by atoms with Crippen LogP contribution in [0.4, 0.5) is 16.2 Å². The fourth-order valence-corrected chi connectivity index (χ4v) is 3.76. The van der Waals surface area contributed by atoms with Gasteiger partial charge in [-0.1, -0.05) is 0 Å². The van der Waals surface area contributed by atoms with Crippen molar-refractivity contribution < 1.29 is 18.7 Å². The number of methoxy groups -OCH3 is 1. The van der Waals surface area contributed by atoms with Gasteiger partial charge in [0.2, 0.25) is 17.6 Å². The van der Waals surface area contributed by atoms with E-state index in [1.165, 1.54) is 19.4 Å². The van der Waals surface area contributed by atoms with Gasteiger partial charge in [-0.3, -0.25) is 9.59 Å². The van der Waals surface area contributed by atoms with Gasteiger partial charge in [-0.2, -0.15) is 4.98 Å². The molecule has 3 rings (SSSR count). The standard InChI is InChI=1S/C21H26FN5O3/c1-11-7-17(30-2)14(9-16(11)22)19(29)15-10-25-21(27-20(15)24)26-13-5-3-12(4-6-13)8-18(23)28/h7,9-10,12-13H,3-6,8H2,1-2H3,(H2,23,28)(H3,24,25,26,27). The molecule has 160 valence electrons. The largest absolute Gasteiger partial charge is 0.496 e.